The maximum absolute atomic E-state index is 5.75. The van der Waals surface area contributed by atoms with Crippen LogP contribution in [0.4, 0.5) is 5.95 Å². The fraction of sp³-hybridized carbons (Fsp3) is 0.214. The van der Waals surface area contributed by atoms with Crippen molar-refractivity contribution in [2.75, 3.05) is 5.73 Å². The van der Waals surface area contributed by atoms with Gasteiger partial charge in [0.25, 0.3) is 0 Å². The second-order valence-corrected chi connectivity index (χ2v) is 6.91. The number of anilines is 1. The van der Waals surface area contributed by atoms with Crippen molar-refractivity contribution in [3.63, 3.8) is 0 Å². The fourth-order valence-corrected chi connectivity index (χ4v) is 3.45. The summed E-state index contributed by atoms with van der Waals surface area (Å²) in [5.41, 5.74) is 9.28. The van der Waals surface area contributed by atoms with Gasteiger partial charge in [-0.1, -0.05) is 13.3 Å². The summed E-state index contributed by atoms with van der Waals surface area (Å²) in [6.07, 6.45) is 1.86. The number of thiophene rings is 1. The minimum absolute atomic E-state index is 0.314. The lowest BCUT2D eigenvalue weighted by molar-refractivity contribution is 0.886. The van der Waals surface area contributed by atoms with E-state index in [-0.39, 0.29) is 0 Å². The van der Waals surface area contributed by atoms with Crippen LogP contribution in [0.15, 0.2) is 28.1 Å². The lowest BCUT2D eigenvalue weighted by Gasteiger charge is -2.06. The molecule has 3 rings (SSSR count). The average Bonchev–Trinajstić information content (AvgIpc) is 2.85. The highest BCUT2D eigenvalue weighted by molar-refractivity contribution is 9.11. The molecule has 3 heterocycles. The van der Waals surface area contributed by atoms with Gasteiger partial charge in [0.15, 0.2) is 0 Å². The van der Waals surface area contributed by atoms with Gasteiger partial charge < -0.3 is 5.73 Å². The first kappa shape index (κ1) is 13.5. The second-order valence-electron chi connectivity index (χ2n) is 4.45. The van der Waals surface area contributed by atoms with E-state index < -0.39 is 0 Å². The summed E-state index contributed by atoms with van der Waals surface area (Å²) in [6.45, 7) is 2.12. The summed E-state index contributed by atoms with van der Waals surface area (Å²) in [5, 5.41) is 0. The summed E-state index contributed by atoms with van der Waals surface area (Å²) in [4.78, 5) is 14.4. The van der Waals surface area contributed by atoms with Crippen molar-refractivity contribution in [2.45, 2.75) is 19.8 Å². The predicted molar refractivity (Wildman–Crippen MR) is 86.8 cm³/mol. The van der Waals surface area contributed by atoms with Crippen molar-refractivity contribution in [2.24, 2.45) is 0 Å². The zero-order valence-corrected chi connectivity index (χ0v) is 13.3. The van der Waals surface area contributed by atoms with Gasteiger partial charge >= 0.3 is 0 Å². The zero-order chi connectivity index (χ0) is 14.1. The molecule has 0 fully saturated rings. The highest BCUT2D eigenvalue weighted by atomic mass is 79.9. The van der Waals surface area contributed by atoms with Crippen LogP contribution < -0.4 is 5.73 Å². The van der Waals surface area contributed by atoms with Gasteiger partial charge in [0.2, 0.25) is 5.95 Å². The van der Waals surface area contributed by atoms with Gasteiger partial charge in [-0.05, 0) is 46.6 Å². The number of aryl methyl sites for hydroxylation is 1. The number of nitrogens with zero attached hydrogens (tertiary/aromatic N) is 3. The van der Waals surface area contributed by atoms with Gasteiger partial charge in [-0.25, -0.2) is 15.0 Å². The molecule has 0 saturated heterocycles. The van der Waals surface area contributed by atoms with E-state index in [4.69, 9.17) is 10.7 Å². The monoisotopic (exact) mass is 348 g/mol. The maximum atomic E-state index is 5.75. The lowest BCUT2D eigenvalue weighted by Crippen LogP contribution is -2.02. The molecule has 3 aromatic rings. The molecule has 0 radical (unpaired) electrons. The molecule has 3 aromatic heterocycles. The highest BCUT2D eigenvalue weighted by Gasteiger charge is 2.10. The molecule has 4 nitrogen and oxygen atoms in total. The van der Waals surface area contributed by atoms with E-state index in [1.807, 2.05) is 18.2 Å². The van der Waals surface area contributed by atoms with Crippen LogP contribution in [0.2, 0.25) is 0 Å². The molecule has 0 amide bonds. The topological polar surface area (TPSA) is 64.7 Å². The summed E-state index contributed by atoms with van der Waals surface area (Å²) in [6, 6.07) is 8.02. The molecule has 0 bridgehead atoms. The Balaban J connectivity index is 2.18. The van der Waals surface area contributed by atoms with Crippen LogP contribution in [0.3, 0.4) is 0 Å². The Kier molecular flexibility index (Phi) is 3.67. The van der Waals surface area contributed by atoms with E-state index in [1.165, 1.54) is 0 Å². The third kappa shape index (κ3) is 2.53. The number of hydrogen-bond acceptors (Lipinski definition) is 5. The molecule has 0 aromatic carbocycles. The third-order valence-corrected chi connectivity index (χ3v) is 4.59. The van der Waals surface area contributed by atoms with Crippen LogP contribution in [-0.4, -0.2) is 15.0 Å². The molecule has 0 atom stereocenters. The normalized spacial score (nSPS) is 11.1. The zero-order valence-electron chi connectivity index (χ0n) is 10.9. The molecule has 20 heavy (non-hydrogen) atoms. The maximum Gasteiger partial charge on any atom is 0.220 e. The van der Waals surface area contributed by atoms with E-state index in [9.17, 15) is 0 Å². The first-order valence-electron chi connectivity index (χ1n) is 6.36. The highest BCUT2D eigenvalue weighted by Crippen LogP contribution is 2.31. The number of hydrogen-bond donors (Lipinski definition) is 1. The Labute approximate surface area is 129 Å². The Morgan fingerprint density at radius 2 is 2.00 bits per heavy atom. The van der Waals surface area contributed by atoms with Crippen molar-refractivity contribution in [1.82, 2.24) is 15.0 Å². The minimum atomic E-state index is 0.314. The van der Waals surface area contributed by atoms with Gasteiger partial charge in [-0.2, -0.15) is 0 Å². The number of aromatic nitrogens is 3. The predicted octanol–water partition coefficient (Wildman–Crippen LogP) is 4.05. The van der Waals surface area contributed by atoms with Crippen LogP contribution in [0.5, 0.6) is 0 Å². The average molecular weight is 349 g/mol. The van der Waals surface area contributed by atoms with E-state index in [0.717, 1.165) is 43.9 Å². The van der Waals surface area contributed by atoms with Gasteiger partial charge in [-0.3, -0.25) is 0 Å². The molecular weight excluding hydrogens is 336 g/mol. The second kappa shape index (κ2) is 5.46. The fourth-order valence-electron chi connectivity index (χ4n) is 2.09. The van der Waals surface area contributed by atoms with Crippen molar-refractivity contribution < 1.29 is 0 Å². The first-order valence-corrected chi connectivity index (χ1v) is 7.97. The van der Waals surface area contributed by atoms with Crippen molar-refractivity contribution in [1.29, 1.82) is 0 Å². The van der Waals surface area contributed by atoms with E-state index >= 15 is 0 Å². The first-order chi connectivity index (χ1) is 9.67. The van der Waals surface area contributed by atoms with Crippen LogP contribution in [0, 0.1) is 0 Å². The van der Waals surface area contributed by atoms with Crippen molar-refractivity contribution in [3.05, 3.63) is 33.7 Å². The molecule has 0 saturated carbocycles. The Morgan fingerprint density at radius 1 is 1.15 bits per heavy atom. The smallest absolute Gasteiger partial charge is 0.220 e. The lowest BCUT2D eigenvalue weighted by atomic mass is 10.2. The molecular formula is C14H13BrN4S. The minimum Gasteiger partial charge on any atom is -0.368 e. The van der Waals surface area contributed by atoms with Crippen LogP contribution in [0.1, 0.15) is 19.0 Å². The van der Waals surface area contributed by atoms with Crippen LogP contribution in [0.25, 0.3) is 21.6 Å². The standard InChI is InChI=1S/C14H13BrN4S/c1-2-3-9-13-10(19-14(16)18-9)5-4-8(17-13)11-6-7-12(15)20-11/h4-7H,2-3H2,1H3,(H2,16,18,19). The number of fused-ring (bicyclic) bond motifs is 1. The van der Waals surface area contributed by atoms with Crippen LogP contribution >= 0.6 is 27.3 Å². The van der Waals surface area contributed by atoms with Crippen molar-refractivity contribution >= 4 is 44.2 Å². The molecule has 0 aliphatic rings. The Bertz CT molecular complexity index is 769. The van der Waals surface area contributed by atoms with E-state index in [2.05, 4.69) is 38.9 Å². The molecule has 102 valence electrons. The summed E-state index contributed by atoms with van der Waals surface area (Å²) in [5.74, 6) is 0.314. The molecule has 2 N–H and O–H groups in total. The number of pyridine rings is 1. The van der Waals surface area contributed by atoms with E-state index in [0.29, 0.717) is 5.95 Å². The number of halogens is 1. The quantitative estimate of drug-likeness (QED) is 0.775. The van der Waals surface area contributed by atoms with Gasteiger partial charge in [0, 0.05) is 0 Å². The van der Waals surface area contributed by atoms with Gasteiger partial charge in [-0.15, -0.1) is 11.3 Å². The van der Waals surface area contributed by atoms with Gasteiger partial charge in [0.1, 0.15) is 5.52 Å². The number of nitrogen functional groups attached to an aromatic ring is 1. The Morgan fingerprint density at radius 3 is 2.70 bits per heavy atom. The summed E-state index contributed by atoms with van der Waals surface area (Å²) in [7, 11) is 0. The summed E-state index contributed by atoms with van der Waals surface area (Å²) >= 11 is 5.14. The molecule has 0 aliphatic carbocycles. The molecule has 0 unspecified atom stereocenters. The van der Waals surface area contributed by atoms with E-state index in [1.54, 1.807) is 11.3 Å². The third-order valence-electron chi connectivity index (χ3n) is 2.94. The number of nitrogens with two attached hydrogens (primary N) is 1. The largest absolute Gasteiger partial charge is 0.368 e. The molecule has 0 aliphatic heterocycles. The SMILES string of the molecule is CCCc1nc(N)nc2ccc(-c3ccc(Br)s3)nc12. The van der Waals surface area contributed by atoms with Crippen LogP contribution in [-0.2, 0) is 6.42 Å². The summed E-state index contributed by atoms with van der Waals surface area (Å²) < 4.78 is 1.09. The van der Waals surface area contributed by atoms with Gasteiger partial charge in [0.05, 0.1) is 25.6 Å². The molecule has 6 heteroatoms. The number of rotatable bonds is 3. The van der Waals surface area contributed by atoms with Crippen molar-refractivity contribution in [3.8, 4) is 10.6 Å². The Hall–Kier alpha value is -1.53. The molecule has 0 spiro atoms.